The fraction of sp³-hybridized carbons (Fsp3) is 0.875. The summed E-state index contributed by atoms with van der Waals surface area (Å²) in [6.45, 7) is 17.8. The van der Waals surface area contributed by atoms with Crippen LogP contribution in [-0.4, -0.2) is 34.4 Å². The molecule has 2 N–H and O–H groups in total. The molecule has 0 radical (unpaired) electrons. The Morgan fingerprint density at radius 3 is 2.19 bits per heavy atom. The average Bonchev–Trinajstić information content (AvgIpc) is 2.76. The maximum atomic E-state index is 12.8. The number of esters is 1. The number of carboxylic acids is 1. The third-order valence-corrected chi connectivity index (χ3v) is 13.3. The van der Waals surface area contributed by atoms with Crippen molar-refractivity contribution in [2.45, 2.75) is 125 Å². The van der Waals surface area contributed by atoms with E-state index < -0.39 is 23.6 Å². The quantitative estimate of drug-likeness (QED) is 0.314. The highest BCUT2D eigenvalue weighted by Gasteiger charge is 2.70. The summed E-state index contributed by atoms with van der Waals surface area (Å²) in [5.41, 5.74) is 0.580. The topological polar surface area (TPSA) is 83.8 Å². The molecule has 5 aliphatic rings. The van der Waals surface area contributed by atoms with Crippen LogP contribution >= 0.6 is 0 Å². The molecule has 0 aromatic heterocycles. The summed E-state index contributed by atoms with van der Waals surface area (Å²) >= 11 is 0. The van der Waals surface area contributed by atoms with Gasteiger partial charge in [-0.15, -0.1) is 0 Å². The monoisotopic (exact) mass is 514 g/mol. The molecule has 37 heavy (non-hydrogen) atoms. The molecule has 5 heteroatoms. The van der Waals surface area contributed by atoms with Crippen LogP contribution in [0.1, 0.15) is 113 Å². The number of rotatable bonds is 2. The third-order valence-electron chi connectivity index (χ3n) is 13.3. The van der Waals surface area contributed by atoms with E-state index in [1.165, 1.54) is 12.5 Å². The highest BCUT2D eigenvalue weighted by atomic mass is 16.6. The molecule has 9 atom stereocenters. The fourth-order valence-corrected chi connectivity index (χ4v) is 11.2. The molecule has 0 bridgehead atoms. The van der Waals surface area contributed by atoms with E-state index in [0.717, 1.165) is 51.4 Å². The molecule has 5 nitrogen and oxygen atoms in total. The van der Waals surface area contributed by atoms with Crippen LogP contribution in [-0.2, 0) is 14.3 Å². The SMILES string of the molecule is CC(=O)O[C@H]1[C@H](O)C[C@]2(C)[C@H]3CC=C4[C@@H]5CC(C)(C)CC[C@]5(C(=O)O)CC[C@@]4(C)[C@]3(C)CC[C@H]2C1(C)C. The van der Waals surface area contributed by atoms with Crippen LogP contribution in [0.3, 0.4) is 0 Å². The predicted octanol–water partition coefficient (Wildman–Crippen LogP) is 6.78. The van der Waals surface area contributed by atoms with Crippen LogP contribution in [0.15, 0.2) is 11.6 Å². The predicted molar refractivity (Wildman–Crippen MR) is 144 cm³/mol. The first-order valence-corrected chi connectivity index (χ1v) is 14.7. The lowest BCUT2D eigenvalue weighted by atomic mass is 9.33. The van der Waals surface area contributed by atoms with Gasteiger partial charge in [-0.3, -0.25) is 9.59 Å². The summed E-state index contributed by atoms with van der Waals surface area (Å²) in [4.78, 5) is 24.7. The van der Waals surface area contributed by atoms with E-state index >= 15 is 0 Å². The number of carbonyl (C=O) groups is 2. The third kappa shape index (κ3) is 3.50. The lowest BCUT2D eigenvalue weighted by Crippen LogP contribution is -2.67. The molecule has 0 aromatic carbocycles. The van der Waals surface area contributed by atoms with Crippen molar-refractivity contribution in [3.8, 4) is 0 Å². The summed E-state index contributed by atoms with van der Waals surface area (Å²) in [6, 6.07) is 0. The minimum atomic E-state index is -0.675. The molecule has 4 saturated carbocycles. The number of ether oxygens (including phenoxy) is 1. The van der Waals surface area contributed by atoms with Crippen LogP contribution < -0.4 is 0 Å². The Balaban J connectivity index is 1.57. The second-order valence-corrected chi connectivity index (χ2v) is 15.8. The first kappa shape index (κ1) is 27.2. The lowest BCUT2D eigenvalue weighted by molar-refractivity contribution is -0.239. The van der Waals surface area contributed by atoms with Gasteiger partial charge >= 0.3 is 11.9 Å². The van der Waals surface area contributed by atoms with Crippen molar-refractivity contribution in [1.29, 1.82) is 0 Å². The van der Waals surface area contributed by atoms with E-state index in [0.29, 0.717) is 18.3 Å². The number of aliphatic hydroxyl groups excluding tert-OH is 1. The molecule has 5 rings (SSSR count). The van der Waals surface area contributed by atoms with E-state index in [1.807, 2.05) is 0 Å². The Morgan fingerprint density at radius 1 is 0.919 bits per heavy atom. The molecule has 208 valence electrons. The lowest BCUT2D eigenvalue weighted by Gasteiger charge is -2.71. The Labute approximate surface area is 223 Å². The molecule has 0 saturated heterocycles. The van der Waals surface area contributed by atoms with Gasteiger partial charge in [0.2, 0.25) is 0 Å². The molecule has 0 amide bonds. The van der Waals surface area contributed by atoms with Gasteiger partial charge in [0.25, 0.3) is 0 Å². The summed E-state index contributed by atoms with van der Waals surface area (Å²) in [6.07, 6.45) is 9.46. The second-order valence-electron chi connectivity index (χ2n) is 15.8. The van der Waals surface area contributed by atoms with Crippen LogP contribution in [0, 0.1) is 50.2 Å². The number of fused-ring (bicyclic) bond motifs is 7. The Morgan fingerprint density at radius 2 is 1.57 bits per heavy atom. The van der Waals surface area contributed by atoms with Crippen molar-refractivity contribution in [2.75, 3.05) is 0 Å². The van der Waals surface area contributed by atoms with Crippen molar-refractivity contribution in [2.24, 2.45) is 50.2 Å². The largest absolute Gasteiger partial charge is 0.481 e. The van der Waals surface area contributed by atoms with Gasteiger partial charge in [-0.1, -0.05) is 60.1 Å². The zero-order chi connectivity index (χ0) is 27.4. The van der Waals surface area contributed by atoms with E-state index in [1.54, 1.807) is 0 Å². The van der Waals surface area contributed by atoms with Gasteiger partial charge in [-0.2, -0.15) is 0 Å². The number of aliphatic hydroxyl groups is 1. The molecule has 0 aromatic rings. The van der Waals surface area contributed by atoms with Gasteiger partial charge in [0.05, 0.1) is 11.5 Å². The first-order chi connectivity index (χ1) is 16.9. The number of aliphatic carboxylic acids is 1. The maximum absolute atomic E-state index is 12.8. The van der Waals surface area contributed by atoms with Gasteiger partial charge in [0, 0.05) is 12.3 Å². The highest BCUT2D eigenvalue weighted by Crippen LogP contribution is 2.75. The second kappa shape index (κ2) is 8.08. The van der Waals surface area contributed by atoms with Crippen molar-refractivity contribution < 1.29 is 24.5 Å². The minimum Gasteiger partial charge on any atom is -0.481 e. The molecule has 0 heterocycles. The standard InChI is InChI=1S/C32H50O5/c1-19(33)37-25-22(34)18-29(6)23(28(25,4)5)11-12-31(8)24(29)10-9-20-21-17-27(2,3)13-15-32(21,26(35)36)16-14-30(20,31)7/h9,21-25,34H,10-18H2,1-8H3,(H,35,36)/t21-,22+,23-,24+,25-,29-,30+,31+,32-/m0/s1. The fourth-order valence-electron chi connectivity index (χ4n) is 11.2. The summed E-state index contributed by atoms with van der Waals surface area (Å²) in [7, 11) is 0. The van der Waals surface area contributed by atoms with Crippen LogP contribution in [0.5, 0.6) is 0 Å². The van der Waals surface area contributed by atoms with Gasteiger partial charge in [0.1, 0.15) is 6.10 Å². The first-order valence-electron chi connectivity index (χ1n) is 14.7. The van der Waals surface area contributed by atoms with Crippen molar-refractivity contribution in [1.82, 2.24) is 0 Å². The van der Waals surface area contributed by atoms with E-state index in [4.69, 9.17) is 4.74 Å². The molecule has 0 unspecified atom stereocenters. The number of carbonyl (C=O) groups excluding carboxylic acids is 1. The van der Waals surface area contributed by atoms with Gasteiger partial charge in [0.15, 0.2) is 0 Å². The minimum absolute atomic E-state index is 0.0389. The Kier molecular flexibility index (Phi) is 5.95. The maximum Gasteiger partial charge on any atom is 0.310 e. The Hall–Kier alpha value is -1.36. The van der Waals surface area contributed by atoms with Crippen molar-refractivity contribution >= 4 is 11.9 Å². The normalized spacial score (nSPS) is 49.9. The molecular formula is C32H50O5. The van der Waals surface area contributed by atoms with E-state index in [2.05, 4.69) is 54.5 Å². The van der Waals surface area contributed by atoms with Crippen LogP contribution in [0.25, 0.3) is 0 Å². The average molecular weight is 515 g/mol. The molecule has 0 aliphatic heterocycles. The van der Waals surface area contributed by atoms with Crippen molar-refractivity contribution in [3.05, 3.63) is 11.6 Å². The summed E-state index contributed by atoms with van der Waals surface area (Å²) < 4.78 is 5.74. The smallest absolute Gasteiger partial charge is 0.310 e. The summed E-state index contributed by atoms with van der Waals surface area (Å²) in [5.74, 6) is -0.0583. The molecule has 5 aliphatic carbocycles. The zero-order valence-electron chi connectivity index (χ0n) is 24.4. The number of allylic oxidation sites excluding steroid dienone is 2. The van der Waals surface area contributed by atoms with Gasteiger partial charge in [-0.25, -0.2) is 0 Å². The molecular weight excluding hydrogens is 464 g/mol. The summed E-state index contributed by atoms with van der Waals surface area (Å²) in [5, 5.41) is 21.9. The number of carboxylic acid groups (broad SMARTS) is 1. The molecule has 4 fully saturated rings. The van der Waals surface area contributed by atoms with Crippen LogP contribution in [0.2, 0.25) is 0 Å². The Bertz CT molecular complexity index is 1030. The molecule has 0 spiro atoms. The van der Waals surface area contributed by atoms with E-state index in [-0.39, 0.29) is 39.0 Å². The highest BCUT2D eigenvalue weighted by molar-refractivity contribution is 5.76. The van der Waals surface area contributed by atoms with Gasteiger partial charge in [-0.05, 0) is 97.2 Å². The number of hydrogen-bond acceptors (Lipinski definition) is 4. The van der Waals surface area contributed by atoms with E-state index in [9.17, 15) is 19.8 Å². The van der Waals surface area contributed by atoms with Gasteiger partial charge < -0.3 is 14.9 Å². The van der Waals surface area contributed by atoms with Crippen molar-refractivity contribution in [3.63, 3.8) is 0 Å². The van der Waals surface area contributed by atoms with Crippen LogP contribution in [0.4, 0.5) is 0 Å². The zero-order valence-corrected chi connectivity index (χ0v) is 24.4. The number of hydrogen-bond donors (Lipinski definition) is 2.